The molecule has 6 heteroatoms. The summed E-state index contributed by atoms with van der Waals surface area (Å²) in [4.78, 5) is 17.9. The molecule has 1 aromatic carbocycles. The SMILES string of the molecule is CCOc1ccc(-c2cnc(C(=O)OC)[nH]2)cc1F. The summed E-state index contributed by atoms with van der Waals surface area (Å²) >= 11 is 0. The van der Waals surface area contributed by atoms with Crippen LogP contribution in [0.4, 0.5) is 4.39 Å². The molecule has 1 aromatic heterocycles. The molecule has 0 saturated carbocycles. The summed E-state index contributed by atoms with van der Waals surface area (Å²) < 4.78 is 23.4. The molecule has 0 bridgehead atoms. The molecular weight excluding hydrogens is 251 g/mol. The molecule has 1 heterocycles. The Morgan fingerprint density at radius 2 is 2.26 bits per heavy atom. The lowest BCUT2D eigenvalue weighted by Crippen LogP contribution is -2.03. The maximum absolute atomic E-state index is 13.7. The van der Waals surface area contributed by atoms with Gasteiger partial charge >= 0.3 is 5.97 Å². The number of nitrogens with zero attached hydrogens (tertiary/aromatic N) is 1. The monoisotopic (exact) mass is 264 g/mol. The van der Waals surface area contributed by atoms with Crippen LogP contribution in [0.25, 0.3) is 11.3 Å². The van der Waals surface area contributed by atoms with Crippen LogP contribution in [0.2, 0.25) is 0 Å². The summed E-state index contributed by atoms with van der Waals surface area (Å²) in [6.07, 6.45) is 1.45. The summed E-state index contributed by atoms with van der Waals surface area (Å²) in [5, 5.41) is 0. The first-order valence-corrected chi connectivity index (χ1v) is 5.71. The third kappa shape index (κ3) is 2.73. The van der Waals surface area contributed by atoms with E-state index in [0.717, 1.165) is 0 Å². The Balaban J connectivity index is 2.29. The van der Waals surface area contributed by atoms with Gasteiger partial charge in [0.15, 0.2) is 11.6 Å². The third-order valence-electron chi connectivity index (χ3n) is 2.50. The number of carbonyl (C=O) groups is 1. The van der Waals surface area contributed by atoms with Gasteiger partial charge in [-0.2, -0.15) is 0 Å². The number of H-pyrrole nitrogens is 1. The Labute approximate surface area is 109 Å². The number of aromatic amines is 1. The van der Waals surface area contributed by atoms with E-state index >= 15 is 0 Å². The minimum absolute atomic E-state index is 0.0757. The summed E-state index contributed by atoms with van der Waals surface area (Å²) in [5.41, 5.74) is 1.10. The number of benzene rings is 1. The zero-order valence-electron chi connectivity index (χ0n) is 10.6. The maximum atomic E-state index is 13.7. The number of halogens is 1. The Morgan fingerprint density at radius 3 is 2.89 bits per heavy atom. The molecular formula is C13H13FN2O3. The van der Waals surface area contributed by atoms with Crippen LogP contribution in [-0.2, 0) is 4.74 Å². The van der Waals surface area contributed by atoms with Crippen LogP contribution in [0.3, 0.4) is 0 Å². The van der Waals surface area contributed by atoms with E-state index in [0.29, 0.717) is 17.9 Å². The van der Waals surface area contributed by atoms with Gasteiger partial charge in [0.25, 0.3) is 0 Å². The third-order valence-corrected chi connectivity index (χ3v) is 2.50. The Morgan fingerprint density at radius 1 is 1.47 bits per heavy atom. The van der Waals surface area contributed by atoms with Crippen molar-refractivity contribution in [3.05, 3.63) is 36.0 Å². The van der Waals surface area contributed by atoms with E-state index in [9.17, 15) is 9.18 Å². The van der Waals surface area contributed by atoms with E-state index < -0.39 is 11.8 Å². The molecule has 19 heavy (non-hydrogen) atoms. The van der Waals surface area contributed by atoms with Gasteiger partial charge in [0, 0.05) is 5.56 Å². The maximum Gasteiger partial charge on any atom is 0.374 e. The van der Waals surface area contributed by atoms with Crippen molar-refractivity contribution in [1.82, 2.24) is 9.97 Å². The van der Waals surface area contributed by atoms with Crippen LogP contribution in [0, 0.1) is 5.82 Å². The average Bonchev–Trinajstić information content (AvgIpc) is 2.90. The van der Waals surface area contributed by atoms with Gasteiger partial charge in [0.1, 0.15) is 0 Å². The number of hydrogen-bond donors (Lipinski definition) is 1. The van der Waals surface area contributed by atoms with Gasteiger partial charge < -0.3 is 14.5 Å². The predicted molar refractivity (Wildman–Crippen MR) is 66.5 cm³/mol. The van der Waals surface area contributed by atoms with E-state index in [4.69, 9.17) is 4.74 Å². The summed E-state index contributed by atoms with van der Waals surface area (Å²) in [6.45, 7) is 2.18. The molecule has 0 aliphatic rings. The molecule has 100 valence electrons. The minimum Gasteiger partial charge on any atom is -0.491 e. The lowest BCUT2D eigenvalue weighted by Gasteiger charge is -2.05. The van der Waals surface area contributed by atoms with Crippen molar-refractivity contribution in [3.63, 3.8) is 0 Å². The first-order chi connectivity index (χ1) is 9.15. The lowest BCUT2D eigenvalue weighted by atomic mass is 10.1. The van der Waals surface area contributed by atoms with Crippen LogP contribution < -0.4 is 4.74 Å². The highest BCUT2D eigenvalue weighted by atomic mass is 19.1. The van der Waals surface area contributed by atoms with Gasteiger partial charge in [0.05, 0.1) is 25.6 Å². The summed E-state index contributed by atoms with van der Waals surface area (Å²) in [6, 6.07) is 4.54. The second-order valence-corrected chi connectivity index (χ2v) is 3.72. The van der Waals surface area contributed by atoms with Gasteiger partial charge in [-0.25, -0.2) is 14.2 Å². The van der Waals surface area contributed by atoms with E-state index in [1.165, 1.54) is 25.4 Å². The van der Waals surface area contributed by atoms with Gasteiger partial charge in [-0.3, -0.25) is 0 Å². The summed E-state index contributed by atoms with van der Waals surface area (Å²) in [7, 11) is 1.26. The number of imidazole rings is 1. The molecule has 5 nitrogen and oxygen atoms in total. The van der Waals surface area contributed by atoms with Gasteiger partial charge in [-0.1, -0.05) is 0 Å². The Kier molecular flexibility index (Phi) is 3.79. The second kappa shape index (κ2) is 5.51. The molecule has 0 atom stereocenters. The molecule has 0 aliphatic carbocycles. The molecule has 2 rings (SSSR count). The number of hydrogen-bond acceptors (Lipinski definition) is 4. The molecule has 0 amide bonds. The number of nitrogens with one attached hydrogen (secondary N) is 1. The number of carbonyl (C=O) groups excluding carboxylic acids is 1. The number of aromatic nitrogens is 2. The van der Waals surface area contributed by atoms with Crippen LogP contribution in [0.5, 0.6) is 5.75 Å². The van der Waals surface area contributed by atoms with Crippen molar-refractivity contribution < 1.29 is 18.7 Å². The molecule has 0 saturated heterocycles. The normalized spacial score (nSPS) is 10.3. The largest absolute Gasteiger partial charge is 0.491 e. The van der Waals surface area contributed by atoms with Gasteiger partial charge in [0.2, 0.25) is 5.82 Å². The predicted octanol–water partition coefficient (Wildman–Crippen LogP) is 2.40. The van der Waals surface area contributed by atoms with E-state index in [2.05, 4.69) is 14.7 Å². The van der Waals surface area contributed by atoms with Crippen molar-refractivity contribution in [1.29, 1.82) is 0 Å². The number of methoxy groups -OCH3 is 1. The highest BCUT2D eigenvalue weighted by Gasteiger charge is 2.12. The zero-order chi connectivity index (χ0) is 13.8. The van der Waals surface area contributed by atoms with Crippen molar-refractivity contribution >= 4 is 5.97 Å². The highest BCUT2D eigenvalue weighted by molar-refractivity contribution is 5.86. The molecule has 0 aliphatic heterocycles. The molecule has 0 radical (unpaired) electrons. The quantitative estimate of drug-likeness (QED) is 0.861. The fourth-order valence-electron chi connectivity index (χ4n) is 1.61. The van der Waals surface area contributed by atoms with Crippen LogP contribution >= 0.6 is 0 Å². The van der Waals surface area contributed by atoms with Crippen molar-refractivity contribution in [2.45, 2.75) is 6.92 Å². The number of rotatable bonds is 4. The fraction of sp³-hybridized carbons (Fsp3) is 0.231. The molecule has 0 spiro atoms. The first kappa shape index (κ1) is 13.1. The molecule has 2 aromatic rings. The lowest BCUT2D eigenvalue weighted by molar-refractivity contribution is 0.0588. The first-order valence-electron chi connectivity index (χ1n) is 5.71. The van der Waals surface area contributed by atoms with Gasteiger partial charge in [-0.15, -0.1) is 0 Å². The topological polar surface area (TPSA) is 64.2 Å². The molecule has 1 N–H and O–H groups in total. The zero-order valence-corrected chi connectivity index (χ0v) is 10.6. The van der Waals surface area contributed by atoms with Crippen LogP contribution in [0.15, 0.2) is 24.4 Å². The molecule has 0 fully saturated rings. The fourth-order valence-corrected chi connectivity index (χ4v) is 1.61. The van der Waals surface area contributed by atoms with Gasteiger partial charge in [-0.05, 0) is 25.1 Å². The van der Waals surface area contributed by atoms with Crippen molar-refractivity contribution in [2.75, 3.05) is 13.7 Å². The average molecular weight is 264 g/mol. The standard InChI is InChI=1S/C13H13FN2O3/c1-3-19-11-5-4-8(6-9(11)14)10-7-15-12(16-10)13(17)18-2/h4-7H,3H2,1-2H3,(H,15,16). The van der Waals surface area contributed by atoms with E-state index in [1.807, 2.05) is 0 Å². The second-order valence-electron chi connectivity index (χ2n) is 3.72. The van der Waals surface area contributed by atoms with Crippen LogP contribution in [-0.4, -0.2) is 29.7 Å². The Bertz CT molecular complexity index is 595. The van der Waals surface area contributed by atoms with Crippen molar-refractivity contribution in [3.8, 4) is 17.0 Å². The van der Waals surface area contributed by atoms with E-state index in [-0.39, 0.29) is 11.6 Å². The minimum atomic E-state index is -0.572. The smallest absolute Gasteiger partial charge is 0.374 e. The summed E-state index contributed by atoms with van der Waals surface area (Å²) in [5.74, 6) is -0.767. The van der Waals surface area contributed by atoms with E-state index in [1.54, 1.807) is 13.0 Å². The number of ether oxygens (including phenoxy) is 2. The van der Waals surface area contributed by atoms with Crippen molar-refractivity contribution in [2.24, 2.45) is 0 Å². The van der Waals surface area contributed by atoms with Crippen LogP contribution in [0.1, 0.15) is 17.5 Å². The molecule has 0 unspecified atom stereocenters. The number of esters is 1. The Hall–Kier alpha value is -2.37. The highest BCUT2D eigenvalue weighted by Crippen LogP contribution is 2.24.